The monoisotopic (exact) mass is 328 g/mol. The van der Waals surface area contributed by atoms with Crippen molar-refractivity contribution in [2.75, 3.05) is 18.0 Å². The number of aromatic nitrogens is 3. The number of piperidine rings is 1. The summed E-state index contributed by atoms with van der Waals surface area (Å²) in [5.74, 6) is 0.672. The lowest BCUT2D eigenvalue weighted by atomic mass is 10.1. The number of rotatable bonds is 2. The molecule has 0 unspecified atom stereocenters. The van der Waals surface area contributed by atoms with Crippen LogP contribution in [0.1, 0.15) is 50.1 Å². The molecule has 24 heavy (non-hydrogen) atoms. The fourth-order valence-electron chi connectivity index (χ4n) is 4.00. The van der Waals surface area contributed by atoms with Crippen molar-refractivity contribution in [1.29, 1.82) is 0 Å². The second-order valence-corrected chi connectivity index (χ2v) is 7.10. The zero-order valence-corrected chi connectivity index (χ0v) is 14.1. The highest BCUT2D eigenvalue weighted by molar-refractivity contribution is 5.79. The number of nitrogens with zero attached hydrogens (tertiary/aromatic N) is 4. The van der Waals surface area contributed by atoms with E-state index in [1.54, 1.807) is 6.07 Å². The maximum Gasteiger partial charge on any atom is 0.252 e. The standard InChI is InChI=1S/C18H24N4O2/c1-12-10-16(24)22(13-4-2-3-5-13)17-15(12)11-19-18(20-17)21-8-6-14(23)7-9-21/h10-11,13-14,23H,2-9H2,1H3. The quantitative estimate of drug-likeness (QED) is 0.915. The molecule has 0 bridgehead atoms. The third-order valence-electron chi connectivity index (χ3n) is 5.42. The first-order chi connectivity index (χ1) is 11.6. The van der Waals surface area contributed by atoms with Gasteiger partial charge in [-0.1, -0.05) is 12.8 Å². The summed E-state index contributed by atoms with van der Waals surface area (Å²) >= 11 is 0. The van der Waals surface area contributed by atoms with Crippen LogP contribution in [0, 0.1) is 6.92 Å². The molecule has 1 saturated carbocycles. The molecule has 2 aromatic heterocycles. The van der Waals surface area contributed by atoms with E-state index in [0.29, 0.717) is 5.95 Å². The highest BCUT2D eigenvalue weighted by Gasteiger charge is 2.23. The van der Waals surface area contributed by atoms with Gasteiger partial charge in [0.15, 0.2) is 0 Å². The second-order valence-electron chi connectivity index (χ2n) is 7.10. The molecule has 2 aromatic rings. The van der Waals surface area contributed by atoms with Crippen molar-refractivity contribution >= 4 is 17.0 Å². The number of hydrogen-bond donors (Lipinski definition) is 1. The van der Waals surface area contributed by atoms with Crippen LogP contribution >= 0.6 is 0 Å². The molecule has 0 atom stereocenters. The minimum Gasteiger partial charge on any atom is -0.393 e. The Morgan fingerprint density at radius 3 is 2.58 bits per heavy atom. The lowest BCUT2D eigenvalue weighted by Crippen LogP contribution is -2.37. The van der Waals surface area contributed by atoms with Crippen LogP contribution in [0.4, 0.5) is 5.95 Å². The number of pyridine rings is 1. The Balaban J connectivity index is 1.82. The molecule has 1 N–H and O–H groups in total. The molecule has 0 amide bonds. The summed E-state index contributed by atoms with van der Waals surface area (Å²) in [6, 6.07) is 1.97. The van der Waals surface area contributed by atoms with Gasteiger partial charge in [-0.05, 0) is 38.2 Å². The minimum absolute atomic E-state index is 0.0469. The summed E-state index contributed by atoms with van der Waals surface area (Å²) in [4.78, 5) is 24.1. The van der Waals surface area contributed by atoms with Crippen LogP contribution in [0.3, 0.4) is 0 Å². The fourth-order valence-corrected chi connectivity index (χ4v) is 4.00. The lowest BCUT2D eigenvalue weighted by molar-refractivity contribution is 0.145. The highest BCUT2D eigenvalue weighted by atomic mass is 16.3. The summed E-state index contributed by atoms with van der Waals surface area (Å²) in [6.45, 7) is 3.46. The zero-order chi connectivity index (χ0) is 16.7. The molecule has 0 radical (unpaired) electrons. The van der Waals surface area contributed by atoms with Gasteiger partial charge in [0.2, 0.25) is 5.95 Å². The van der Waals surface area contributed by atoms with E-state index >= 15 is 0 Å². The minimum atomic E-state index is -0.222. The van der Waals surface area contributed by atoms with Gasteiger partial charge in [0.05, 0.1) is 6.10 Å². The number of aliphatic hydroxyl groups is 1. The Kier molecular flexibility index (Phi) is 4.00. The Bertz CT molecular complexity index is 803. The van der Waals surface area contributed by atoms with Gasteiger partial charge in [0, 0.05) is 36.8 Å². The lowest BCUT2D eigenvalue weighted by Gasteiger charge is -2.29. The van der Waals surface area contributed by atoms with Crippen LogP contribution < -0.4 is 10.5 Å². The van der Waals surface area contributed by atoms with Gasteiger partial charge in [-0.2, -0.15) is 4.98 Å². The molecule has 2 aliphatic rings. The van der Waals surface area contributed by atoms with E-state index < -0.39 is 0 Å². The summed E-state index contributed by atoms with van der Waals surface area (Å²) in [5, 5.41) is 10.7. The molecule has 1 aliphatic carbocycles. The van der Waals surface area contributed by atoms with Crippen molar-refractivity contribution < 1.29 is 5.11 Å². The smallest absolute Gasteiger partial charge is 0.252 e. The molecule has 0 aromatic carbocycles. The van der Waals surface area contributed by atoms with E-state index in [-0.39, 0.29) is 17.7 Å². The van der Waals surface area contributed by atoms with E-state index in [9.17, 15) is 9.90 Å². The molecule has 6 nitrogen and oxygen atoms in total. The summed E-state index contributed by atoms with van der Waals surface area (Å²) in [6.07, 6.45) is 7.56. The molecule has 0 spiro atoms. The van der Waals surface area contributed by atoms with Gasteiger partial charge >= 0.3 is 0 Å². The maximum atomic E-state index is 12.6. The van der Waals surface area contributed by atoms with Crippen LogP contribution in [0.25, 0.3) is 11.0 Å². The molecule has 6 heteroatoms. The Morgan fingerprint density at radius 1 is 1.17 bits per heavy atom. The Hall–Kier alpha value is -1.95. The normalized spacial score (nSPS) is 20.2. The average molecular weight is 328 g/mol. The molecule has 128 valence electrons. The van der Waals surface area contributed by atoms with E-state index in [4.69, 9.17) is 4.98 Å². The topological polar surface area (TPSA) is 71.2 Å². The maximum absolute atomic E-state index is 12.6. The van der Waals surface area contributed by atoms with Crippen molar-refractivity contribution in [3.8, 4) is 0 Å². The van der Waals surface area contributed by atoms with Gasteiger partial charge in [0.25, 0.3) is 5.56 Å². The SMILES string of the molecule is Cc1cc(=O)n(C2CCCC2)c2nc(N3CCC(O)CC3)ncc12. The van der Waals surface area contributed by atoms with Crippen molar-refractivity contribution in [1.82, 2.24) is 14.5 Å². The summed E-state index contributed by atoms with van der Waals surface area (Å²) in [5.41, 5.74) is 1.75. The van der Waals surface area contributed by atoms with Crippen LogP contribution in [-0.2, 0) is 0 Å². The first-order valence-electron chi connectivity index (χ1n) is 8.95. The molecular weight excluding hydrogens is 304 g/mol. The zero-order valence-electron chi connectivity index (χ0n) is 14.1. The van der Waals surface area contributed by atoms with Gasteiger partial charge < -0.3 is 10.0 Å². The van der Waals surface area contributed by atoms with Crippen LogP contribution in [0.15, 0.2) is 17.1 Å². The van der Waals surface area contributed by atoms with Crippen molar-refractivity contribution in [3.63, 3.8) is 0 Å². The first kappa shape index (κ1) is 15.6. The number of fused-ring (bicyclic) bond motifs is 1. The predicted molar refractivity (Wildman–Crippen MR) is 93.5 cm³/mol. The number of hydrogen-bond acceptors (Lipinski definition) is 5. The van der Waals surface area contributed by atoms with E-state index in [1.807, 2.05) is 17.7 Å². The van der Waals surface area contributed by atoms with Gasteiger partial charge in [0.1, 0.15) is 5.65 Å². The molecular formula is C18H24N4O2. The number of aryl methyl sites for hydroxylation is 1. The first-order valence-corrected chi connectivity index (χ1v) is 8.95. The summed E-state index contributed by atoms with van der Waals surface area (Å²) < 4.78 is 1.89. The van der Waals surface area contributed by atoms with E-state index in [1.165, 1.54) is 12.8 Å². The fraction of sp³-hybridized carbons (Fsp3) is 0.611. The van der Waals surface area contributed by atoms with Crippen LogP contribution in [-0.4, -0.2) is 38.8 Å². The summed E-state index contributed by atoms with van der Waals surface area (Å²) in [7, 11) is 0. The molecule has 2 fully saturated rings. The van der Waals surface area contributed by atoms with Gasteiger partial charge in [-0.25, -0.2) is 4.98 Å². The molecule has 1 saturated heterocycles. The average Bonchev–Trinajstić information content (AvgIpc) is 3.09. The number of aliphatic hydroxyl groups excluding tert-OH is 1. The van der Waals surface area contributed by atoms with Crippen LogP contribution in [0.5, 0.6) is 0 Å². The van der Waals surface area contributed by atoms with Gasteiger partial charge in [-0.15, -0.1) is 0 Å². The van der Waals surface area contributed by atoms with Crippen molar-refractivity contribution in [2.24, 2.45) is 0 Å². The molecule has 1 aliphatic heterocycles. The third kappa shape index (κ3) is 2.69. The van der Waals surface area contributed by atoms with Crippen LogP contribution in [0.2, 0.25) is 0 Å². The second kappa shape index (κ2) is 6.16. The largest absolute Gasteiger partial charge is 0.393 e. The molecule has 4 rings (SSSR count). The van der Waals surface area contributed by atoms with Gasteiger partial charge in [-0.3, -0.25) is 9.36 Å². The molecule has 3 heterocycles. The van der Waals surface area contributed by atoms with E-state index in [0.717, 1.165) is 55.4 Å². The highest BCUT2D eigenvalue weighted by Crippen LogP contribution is 2.31. The van der Waals surface area contributed by atoms with E-state index in [2.05, 4.69) is 9.88 Å². The predicted octanol–water partition coefficient (Wildman–Crippen LogP) is 2.18. The number of anilines is 1. The van der Waals surface area contributed by atoms with Crippen molar-refractivity contribution in [3.05, 3.63) is 28.2 Å². The van der Waals surface area contributed by atoms with Crippen molar-refractivity contribution in [2.45, 2.75) is 57.6 Å². The Morgan fingerprint density at radius 2 is 1.88 bits per heavy atom. The third-order valence-corrected chi connectivity index (χ3v) is 5.42. The Labute approximate surface area is 141 Å².